The summed E-state index contributed by atoms with van der Waals surface area (Å²) >= 11 is 0. The molecule has 2 heterocycles. The molecule has 2 rings (SSSR count). The quantitative estimate of drug-likeness (QED) is 0.910. The molecule has 0 saturated heterocycles. The number of carbonyl (C=O) groups excluding carboxylic acids is 1. The number of nitrogens with zero attached hydrogens (tertiary/aromatic N) is 4. The van der Waals surface area contributed by atoms with E-state index in [9.17, 15) is 4.79 Å². The summed E-state index contributed by atoms with van der Waals surface area (Å²) in [4.78, 5) is 21.3. The number of H-pyrrole nitrogens is 1. The lowest BCUT2D eigenvalue weighted by molar-refractivity contribution is -0.130. The van der Waals surface area contributed by atoms with Gasteiger partial charge in [-0.3, -0.25) is 9.48 Å². The van der Waals surface area contributed by atoms with Crippen LogP contribution >= 0.6 is 0 Å². The number of amides is 1. The molecule has 0 aliphatic carbocycles. The summed E-state index contributed by atoms with van der Waals surface area (Å²) in [5.74, 6) is 0.934. The predicted molar refractivity (Wildman–Crippen MR) is 80.8 cm³/mol. The SMILES string of the molecule is Cc1cnc(CN(C)C(=O)CCc2c(C)nn(C)c2C)[nH]1. The minimum atomic E-state index is 0.117. The van der Waals surface area contributed by atoms with Crippen LogP contribution in [0.1, 0.15) is 34.9 Å². The van der Waals surface area contributed by atoms with E-state index in [2.05, 4.69) is 15.1 Å². The van der Waals surface area contributed by atoms with Gasteiger partial charge in [0.1, 0.15) is 5.82 Å². The van der Waals surface area contributed by atoms with Crippen LogP contribution in [-0.2, 0) is 24.8 Å². The molecule has 0 atom stereocenters. The van der Waals surface area contributed by atoms with Crippen molar-refractivity contribution in [2.45, 2.75) is 40.2 Å². The Hall–Kier alpha value is -2.11. The molecule has 0 unspecified atom stereocenters. The minimum absolute atomic E-state index is 0.117. The minimum Gasteiger partial charge on any atom is -0.345 e. The van der Waals surface area contributed by atoms with Crippen molar-refractivity contribution in [3.8, 4) is 0 Å². The van der Waals surface area contributed by atoms with Gasteiger partial charge in [0.25, 0.3) is 0 Å². The number of aromatic amines is 1. The predicted octanol–water partition coefficient (Wildman–Crippen LogP) is 1.66. The Labute approximate surface area is 125 Å². The van der Waals surface area contributed by atoms with Gasteiger partial charge < -0.3 is 9.88 Å². The molecule has 6 nitrogen and oxygen atoms in total. The molecule has 0 radical (unpaired) electrons. The average Bonchev–Trinajstić information content (AvgIpc) is 2.92. The molecule has 1 N–H and O–H groups in total. The van der Waals surface area contributed by atoms with Gasteiger partial charge in [-0.05, 0) is 32.8 Å². The molecule has 0 fully saturated rings. The number of nitrogens with one attached hydrogen (secondary N) is 1. The van der Waals surface area contributed by atoms with Crippen molar-refractivity contribution in [1.82, 2.24) is 24.6 Å². The lowest BCUT2D eigenvalue weighted by atomic mass is 10.1. The Balaban J connectivity index is 1.92. The van der Waals surface area contributed by atoms with Gasteiger partial charge in [0.15, 0.2) is 0 Å². The Bertz CT molecular complexity index is 641. The summed E-state index contributed by atoms with van der Waals surface area (Å²) in [7, 11) is 3.74. The van der Waals surface area contributed by atoms with Gasteiger partial charge in [-0.15, -0.1) is 0 Å². The highest BCUT2D eigenvalue weighted by Gasteiger charge is 2.14. The fourth-order valence-electron chi connectivity index (χ4n) is 2.46. The van der Waals surface area contributed by atoms with Crippen LogP contribution < -0.4 is 0 Å². The van der Waals surface area contributed by atoms with Crippen LogP contribution in [0.3, 0.4) is 0 Å². The highest BCUT2D eigenvalue weighted by molar-refractivity contribution is 5.76. The monoisotopic (exact) mass is 289 g/mol. The fourth-order valence-corrected chi connectivity index (χ4v) is 2.46. The first kappa shape index (κ1) is 15.3. The fraction of sp³-hybridized carbons (Fsp3) is 0.533. The van der Waals surface area contributed by atoms with Gasteiger partial charge >= 0.3 is 0 Å². The van der Waals surface area contributed by atoms with Crippen molar-refractivity contribution < 1.29 is 4.79 Å². The van der Waals surface area contributed by atoms with Gasteiger partial charge in [0.05, 0.1) is 12.2 Å². The number of aromatic nitrogens is 4. The van der Waals surface area contributed by atoms with Crippen molar-refractivity contribution in [3.63, 3.8) is 0 Å². The molecule has 0 aromatic carbocycles. The first-order chi connectivity index (χ1) is 9.88. The number of carbonyl (C=O) groups is 1. The summed E-state index contributed by atoms with van der Waals surface area (Å²) in [6, 6.07) is 0. The highest BCUT2D eigenvalue weighted by atomic mass is 16.2. The molecule has 114 valence electrons. The second-order valence-electron chi connectivity index (χ2n) is 5.54. The smallest absolute Gasteiger partial charge is 0.223 e. The third kappa shape index (κ3) is 3.51. The van der Waals surface area contributed by atoms with E-state index in [0.29, 0.717) is 13.0 Å². The number of imidazole rings is 1. The standard InChI is InChI=1S/C15H23N5O/c1-10-8-16-14(17-10)9-19(4)15(21)7-6-13-11(2)18-20(5)12(13)3/h8H,6-7,9H2,1-5H3,(H,16,17). The molecular formula is C15H23N5O. The molecule has 0 bridgehead atoms. The largest absolute Gasteiger partial charge is 0.345 e. The molecule has 2 aromatic rings. The third-order valence-corrected chi connectivity index (χ3v) is 3.82. The summed E-state index contributed by atoms with van der Waals surface area (Å²) in [5, 5.41) is 4.38. The van der Waals surface area contributed by atoms with Crippen molar-refractivity contribution in [2.75, 3.05) is 7.05 Å². The van der Waals surface area contributed by atoms with E-state index in [1.807, 2.05) is 39.5 Å². The van der Waals surface area contributed by atoms with Crippen LogP contribution in [0.4, 0.5) is 0 Å². The van der Waals surface area contributed by atoms with Gasteiger partial charge in [-0.2, -0.15) is 5.10 Å². The zero-order valence-electron chi connectivity index (χ0n) is 13.4. The molecule has 0 spiro atoms. The van der Waals surface area contributed by atoms with Gasteiger partial charge in [0, 0.05) is 38.1 Å². The molecule has 21 heavy (non-hydrogen) atoms. The van der Waals surface area contributed by atoms with Crippen molar-refractivity contribution in [1.29, 1.82) is 0 Å². The number of hydrogen-bond acceptors (Lipinski definition) is 3. The van der Waals surface area contributed by atoms with E-state index in [1.54, 1.807) is 11.1 Å². The average molecular weight is 289 g/mol. The third-order valence-electron chi connectivity index (χ3n) is 3.82. The lowest BCUT2D eigenvalue weighted by Crippen LogP contribution is -2.27. The van der Waals surface area contributed by atoms with E-state index in [0.717, 1.165) is 29.3 Å². The van der Waals surface area contributed by atoms with Crippen LogP contribution in [0, 0.1) is 20.8 Å². The van der Waals surface area contributed by atoms with E-state index in [-0.39, 0.29) is 5.91 Å². The zero-order chi connectivity index (χ0) is 15.6. The number of hydrogen-bond donors (Lipinski definition) is 1. The number of aryl methyl sites for hydroxylation is 3. The van der Waals surface area contributed by atoms with E-state index in [1.165, 1.54) is 5.56 Å². The molecular weight excluding hydrogens is 266 g/mol. The van der Waals surface area contributed by atoms with Crippen molar-refractivity contribution in [2.24, 2.45) is 7.05 Å². The van der Waals surface area contributed by atoms with Gasteiger partial charge in [-0.1, -0.05) is 0 Å². The molecule has 2 aromatic heterocycles. The molecule has 1 amide bonds. The Kier molecular flexibility index (Phi) is 4.45. The first-order valence-corrected chi connectivity index (χ1v) is 7.12. The van der Waals surface area contributed by atoms with Crippen LogP contribution in [0.15, 0.2) is 6.20 Å². The Morgan fingerprint density at radius 1 is 1.38 bits per heavy atom. The Morgan fingerprint density at radius 2 is 2.10 bits per heavy atom. The van der Waals surface area contributed by atoms with Crippen molar-refractivity contribution in [3.05, 3.63) is 34.7 Å². The normalized spacial score (nSPS) is 10.9. The van der Waals surface area contributed by atoms with E-state index >= 15 is 0 Å². The van der Waals surface area contributed by atoms with Gasteiger partial charge in [0.2, 0.25) is 5.91 Å². The van der Waals surface area contributed by atoms with Crippen molar-refractivity contribution >= 4 is 5.91 Å². The zero-order valence-corrected chi connectivity index (χ0v) is 13.4. The van der Waals surface area contributed by atoms with E-state index < -0.39 is 0 Å². The van der Waals surface area contributed by atoms with E-state index in [4.69, 9.17) is 0 Å². The maximum absolute atomic E-state index is 12.2. The van der Waals surface area contributed by atoms with Crippen LogP contribution in [0.2, 0.25) is 0 Å². The van der Waals surface area contributed by atoms with Crippen LogP contribution in [-0.4, -0.2) is 37.6 Å². The molecule has 0 aliphatic heterocycles. The summed E-state index contributed by atoms with van der Waals surface area (Å²) in [6.07, 6.45) is 2.99. The second-order valence-corrected chi connectivity index (χ2v) is 5.54. The summed E-state index contributed by atoms with van der Waals surface area (Å²) < 4.78 is 1.87. The molecule has 0 aliphatic rings. The number of rotatable bonds is 5. The van der Waals surface area contributed by atoms with Crippen LogP contribution in [0.5, 0.6) is 0 Å². The topological polar surface area (TPSA) is 66.8 Å². The highest BCUT2D eigenvalue weighted by Crippen LogP contribution is 2.14. The summed E-state index contributed by atoms with van der Waals surface area (Å²) in [5.41, 5.74) is 4.32. The lowest BCUT2D eigenvalue weighted by Gasteiger charge is -2.15. The van der Waals surface area contributed by atoms with Crippen LogP contribution in [0.25, 0.3) is 0 Å². The second kappa shape index (κ2) is 6.11. The maximum atomic E-state index is 12.2. The first-order valence-electron chi connectivity index (χ1n) is 7.12. The molecule has 6 heteroatoms. The Morgan fingerprint density at radius 3 is 2.62 bits per heavy atom. The van der Waals surface area contributed by atoms with Gasteiger partial charge in [-0.25, -0.2) is 4.98 Å². The maximum Gasteiger partial charge on any atom is 0.223 e. The summed E-state index contributed by atoms with van der Waals surface area (Å²) in [6.45, 7) is 6.49. The molecule has 0 saturated carbocycles.